The molecule has 1 amide bonds. The zero-order valence-corrected chi connectivity index (χ0v) is 14.1. The molecule has 3 aromatic rings. The van der Waals surface area contributed by atoms with E-state index in [4.69, 9.17) is 11.6 Å². The van der Waals surface area contributed by atoms with Crippen molar-refractivity contribution in [3.05, 3.63) is 64.1 Å². The summed E-state index contributed by atoms with van der Waals surface area (Å²) in [7, 11) is 0. The van der Waals surface area contributed by atoms with Crippen LogP contribution in [0.3, 0.4) is 0 Å². The van der Waals surface area contributed by atoms with Crippen molar-refractivity contribution in [2.24, 2.45) is 0 Å². The molecular formula is C18H18ClN3O. The molecule has 0 aliphatic heterocycles. The number of amides is 1. The number of nitrogens with one attached hydrogen (secondary N) is 1. The number of aromatic nitrogens is 2. The highest BCUT2D eigenvalue weighted by Crippen LogP contribution is 2.22. The van der Waals surface area contributed by atoms with Gasteiger partial charge >= 0.3 is 0 Å². The number of anilines is 1. The number of carbonyl (C=O) groups excluding carboxylic acids is 1. The Kier molecular flexibility index (Phi) is 4.09. The smallest absolute Gasteiger partial charge is 0.274 e. The second kappa shape index (κ2) is 6.05. The first-order valence-electron chi connectivity index (χ1n) is 7.54. The number of halogens is 1. The average Bonchev–Trinajstić information content (AvgIpc) is 2.88. The van der Waals surface area contributed by atoms with Gasteiger partial charge in [-0.15, -0.1) is 0 Å². The number of nitrogens with zero attached hydrogens (tertiary/aromatic N) is 2. The minimum Gasteiger partial charge on any atom is -0.321 e. The van der Waals surface area contributed by atoms with Crippen molar-refractivity contribution < 1.29 is 4.79 Å². The van der Waals surface area contributed by atoms with E-state index >= 15 is 0 Å². The molecule has 23 heavy (non-hydrogen) atoms. The first-order chi connectivity index (χ1) is 11.0. The predicted octanol–water partition coefficient (Wildman–Crippen LogP) is 4.42. The first-order valence-corrected chi connectivity index (χ1v) is 7.92. The van der Waals surface area contributed by atoms with Gasteiger partial charge in [0, 0.05) is 16.9 Å². The molecule has 0 atom stereocenters. The monoisotopic (exact) mass is 327 g/mol. The molecule has 0 fully saturated rings. The van der Waals surface area contributed by atoms with Crippen LogP contribution in [0.15, 0.2) is 36.5 Å². The molecule has 2 aromatic heterocycles. The van der Waals surface area contributed by atoms with Crippen molar-refractivity contribution in [1.29, 1.82) is 0 Å². The summed E-state index contributed by atoms with van der Waals surface area (Å²) in [4.78, 5) is 17.3. The molecule has 3 rings (SSSR count). The number of hydrogen-bond donors (Lipinski definition) is 1. The number of pyridine rings is 1. The molecule has 118 valence electrons. The van der Waals surface area contributed by atoms with Crippen LogP contribution in [0.5, 0.6) is 0 Å². The molecule has 1 N–H and O–H groups in total. The average molecular weight is 328 g/mol. The van der Waals surface area contributed by atoms with Crippen LogP contribution in [0.4, 0.5) is 5.69 Å². The van der Waals surface area contributed by atoms with Gasteiger partial charge in [0.2, 0.25) is 0 Å². The summed E-state index contributed by atoms with van der Waals surface area (Å²) in [6.07, 6.45) is 2.62. The number of hydrogen-bond acceptors (Lipinski definition) is 2. The van der Waals surface area contributed by atoms with Crippen molar-refractivity contribution in [2.45, 2.75) is 27.2 Å². The fourth-order valence-corrected chi connectivity index (χ4v) is 2.73. The van der Waals surface area contributed by atoms with E-state index in [9.17, 15) is 4.79 Å². The number of carbonyl (C=O) groups is 1. The summed E-state index contributed by atoms with van der Waals surface area (Å²) < 4.78 is 1.85. The van der Waals surface area contributed by atoms with Gasteiger partial charge in [-0.1, -0.05) is 30.7 Å². The highest BCUT2D eigenvalue weighted by Gasteiger charge is 2.18. The van der Waals surface area contributed by atoms with Gasteiger partial charge < -0.3 is 5.32 Å². The fraction of sp³-hybridized carbons (Fsp3) is 0.222. The van der Waals surface area contributed by atoms with Gasteiger partial charge in [0.25, 0.3) is 5.91 Å². The first kappa shape index (κ1) is 15.6. The Balaban J connectivity index is 2.02. The zero-order valence-electron chi connectivity index (χ0n) is 13.4. The van der Waals surface area contributed by atoms with E-state index in [1.807, 2.05) is 55.6 Å². The Hall–Kier alpha value is -2.33. The maximum absolute atomic E-state index is 12.8. The van der Waals surface area contributed by atoms with Gasteiger partial charge in [-0.2, -0.15) is 0 Å². The molecular weight excluding hydrogens is 310 g/mol. The van der Waals surface area contributed by atoms with Crippen LogP contribution in [-0.2, 0) is 6.42 Å². The molecule has 0 saturated heterocycles. The van der Waals surface area contributed by atoms with Crippen molar-refractivity contribution in [3.63, 3.8) is 0 Å². The molecule has 2 heterocycles. The van der Waals surface area contributed by atoms with Crippen LogP contribution in [0.25, 0.3) is 5.65 Å². The van der Waals surface area contributed by atoms with Crippen LogP contribution in [0.2, 0.25) is 5.02 Å². The second-order valence-corrected chi connectivity index (χ2v) is 6.02. The van der Waals surface area contributed by atoms with Crippen molar-refractivity contribution in [3.8, 4) is 0 Å². The molecule has 4 nitrogen and oxygen atoms in total. The molecule has 0 saturated carbocycles. The summed E-state index contributed by atoms with van der Waals surface area (Å²) in [5.74, 6) is -0.181. The van der Waals surface area contributed by atoms with Gasteiger partial charge in [-0.05, 0) is 49.6 Å². The molecule has 0 unspecified atom stereocenters. The number of fused-ring (bicyclic) bond motifs is 1. The molecule has 0 spiro atoms. The predicted molar refractivity (Wildman–Crippen MR) is 93.4 cm³/mol. The quantitative estimate of drug-likeness (QED) is 0.774. The highest BCUT2D eigenvalue weighted by molar-refractivity contribution is 6.31. The molecule has 1 aromatic carbocycles. The van der Waals surface area contributed by atoms with Crippen molar-refractivity contribution >= 4 is 28.8 Å². The lowest BCUT2D eigenvalue weighted by Gasteiger charge is -2.08. The van der Waals surface area contributed by atoms with Crippen LogP contribution in [0.1, 0.15) is 34.2 Å². The van der Waals surface area contributed by atoms with E-state index < -0.39 is 0 Å². The van der Waals surface area contributed by atoms with E-state index in [0.717, 1.165) is 22.5 Å². The largest absolute Gasteiger partial charge is 0.321 e. The SMILES string of the molecule is CCc1nc2ccc(C)cn2c1C(=O)Nc1ccc(C)c(Cl)c1. The summed E-state index contributed by atoms with van der Waals surface area (Å²) in [6.45, 7) is 5.91. The summed E-state index contributed by atoms with van der Waals surface area (Å²) in [6, 6.07) is 9.41. The van der Waals surface area contributed by atoms with E-state index in [-0.39, 0.29) is 5.91 Å². The highest BCUT2D eigenvalue weighted by atomic mass is 35.5. The van der Waals surface area contributed by atoms with Gasteiger partial charge in [0.05, 0.1) is 5.69 Å². The van der Waals surface area contributed by atoms with E-state index in [1.54, 1.807) is 6.07 Å². The van der Waals surface area contributed by atoms with Gasteiger partial charge in [0.15, 0.2) is 0 Å². The molecule has 5 heteroatoms. The van der Waals surface area contributed by atoms with Crippen molar-refractivity contribution in [1.82, 2.24) is 9.38 Å². The minimum absolute atomic E-state index is 0.181. The lowest BCUT2D eigenvalue weighted by atomic mass is 10.2. The zero-order chi connectivity index (χ0) is 16.6. The normalized spacial score (nSPS) is 11.0. The second-order valence-electron chi connectivity index (χ2n) is 5.61. The topological polar surface area (TPSA) is 46.4 Å². The molecule has 0 radical (unpaired) electrons. The third kappa shape index (κ3) is 2.94. The summed E-state index contributed by atoms with van der Waals surface area (Å²) in [5, 5.41) is 3.55. The number of aryl methyl sites for hydroxylation is 3. The Morgan fingerprint density at radius 3 is 2.74 bits per heavy atom. The van der Waals surface area contributed by atoms with Crippen LogP contribution >= 0.6 is 11.6 Å². The van der Waals surface area contributed by atoms with Crippen molar-refractivity contribution in [2.75, 3.05) is 5.32 Å². The van der Waals surface area contributed by atoms with Gasteiger partial charge in [0.1, 0.15) is 11.3 Å². The van der Waals surface area contributed by atoms with E-state index in [0.29, 0.717) is 22.8 Å². The standard InChI is InChI=1S/C18H18ClN3O/c1-4-15-17(22-10-11(2)5-8-16(22)21-15)18(23)20-13-7-6-12(3)14(19)9-13/h5-10H,4H2,1-3H3,(H,20,23). The van der Waals surface area contributed by atoms with Crippen LogP contribution < -0.4 is 5.32 Å². The molecule has 0 bridgehead atoms. The minimum atomic E-state index is -0.181. The van der Waals surface area contributed by atoms with Gasteiger partial charge in [-0.25, -0.2) is 4.98 Å². The lowest BCUT2D eigenvalue weighted by Crippen LogP contribution is -2.16. The van der Waals surface area contributed by atoms with Crippen LogP contribution in [0, 0.1) is 13.8 Å². The fourth-order valence-electron chi connectivity index (χ4n) is 2.55. The summed E-state index contributed by atoms with van der Waals surface area (Å²) in [5.41, 5.74) is 4.86. The summed E-state index contributed by atoms with van der Waals surface area (Å²) >= 11 is 6.13. The third-order valence-electron chi connectivity index (χ3n) is 3.82. The molecule has 0 aliphatic carbocycles. The maximum Gasteiger partial charge on any atom is 0.274 e. The Morgan fingerprint density at radius 1 is 1.26 bits per heavy atom. The number of rotatable bonds is 3. The Bertz CT molecular complexity index is 899. The number of imidazole rings is 1. The lowest BCUT2D eigenvalue weighted by molar-refractivity contribution is 0.102. The number of benzene rings is 1. The van der Waals surface area contributed by atoms with E-state index in [1.165, 1.54) is 0 Å². The van der Waals surface area contributed by atoms with Crippen LogP contribution in [-0.4, -0.2) is 15.3 Å². The Labute approximate surface area is 140 Å². The third-order valence-corrected chi connectivity index (χ3v) is 4.23. The Morgan fingerprint density at radius 2 is 2.04 bits per heavy atom. The van der Waals surface area contributed by atoms with E-state index in [2.05, 4.69) is 10.3 Å². The maximum atomic E-state index is 12.8. The molecule has 0 aliphatic rings. The van der Waals surface area contributed by atoms with Gasteiger partial charge in [-0.3, -0.25) is 9.20 Å².